The van der Waals surface area contributed by atoms with E-state index in [4.69, 9.17) is 13.9 Å². The van der Waals surface area contributed by atoms with E-state index in [2.05, 4.69) is 15.5 Å². The molecule has 9 heteroatoms. The van der Waals surface area contributed by atoms with E-state index < -0.39 is 0 Å². The number of nitrogens with zero attached hydrogens (tertiary/aromatic N) is 3. The fourth-order valence-corrected chi connectivity index (χ4v) is 4.30. The number of ether oxygens (including phenoxy) is 2. The van der Waals surface area contributed by atoms with Crippen molar-refractivity contribution < 1.29 is 18.7 Å². The van der Waals surface area contributed by atoms with Crippen LogP contribution in [0.5, 0.6) is 5.75 Å². The van der Waals surface area contributed by atoms with Gasteiger partial charge in [-0.25, -0.2) is 0 Å². The van der Waals surface area contributed by atoms with Gasteiger partial charge in [-0.05, 0) is 44.0 Å². The Morgan fingerprint density at radius 3 is 3.00 bits per heavy atom. The van der Waals surface area contributed by atoms with Crippen LogP contribution in [0.25, 0.3) is 11.4 Å². The van der Waals surface area contributed by atoms with Crippen molar-refractivity contribution in [3.8, 4) is 17.1 Å². The molecule has 164 valence electrons. The van der Waals surface area contributed by atoms with Crippen LogP contribution < -0.4 is 10.1 Å². The van der Waals surface area contributed by atoms with Crippen LogP contribution in [-0.4, -0.2) is 52.3 Å². The lowest BCUT2D eigenvalue weighted by Gasteiger charge is -2.15. The highest BCUT2D eigenvalue weighted by Gasteiger charge is 2.23. The average molecular weight is 443 g/mol. The first-order valence-electron chi connectivity index (χ1n) is 10.3. The molecule has 4 rings (SSSR count). The third-order valence-electron chi connectivity index (χ3n) is 5.12. The summed E-state index contributed by atoms with van der Waals surface area (Å²) in [5, 5.41) is 12.1. The Kier molecular flexibility index (Phi) is 6.93. The Balaban J connectivity index is 1.53. The van der Waals surface area contributed by atoms with E-state index in [1.165, 1.54) is 11.8 Å². The van der Waals surface area contributed by atoms with Crippen molar-refractivity contribution in [2.75, 3.05) is 20.3 Å². The molecule has 0 saturated carbocycles. The van der Waals surface area contributed by atoms with Gasteiger partial charge in [0.05, 0.1) is 31.3 Å². The number of carbonyl (C=O) groups excluding carboxylic acids is 1. The van der Waals surface area contributed by atoms with Gasteiger partial charge in [0.15, 0.2) is 11.0 Å². The van der Waals surface area contributed by atoms with Crippen molar-refractivity contribution in [3.05, 3.63) is 48.4 Å². The molecular weight excluding hydrogens is 416 g/mol. The molecule has 1 aliphatic heterocycles. The molecule has 1 saturated heterocycles. The lowest BCUT2D eigenvalue weighted by Crippen LogP contribution is -2.36. The predicted molar refractivity (Wildman–Crippen MR) is 117 cm³/mol. The fraction of sp³-hybridized carbons (Fsp3) is 0.409. The molecule has 1 aromatic carbocycles. The van der Waals surface area contributed by atoms with Crippen molar-refractivity contribution in [2.45, 2.75) is 42.8 Å². The van der Waals surface area contributed by atoms with E-state index in [-0.39, 0.29) is 17.3 Å². The van der Waals surface area contributed by atoms with Gasteiger partial charge in [0.1, 0.15) is 11.5 Å². The predicted octanol–water partition coefficient (Wildman–Crippen LogP) is 3.37. The molecule has 2 aromatic heterocycles. The summed E-state index contributed by atoms with van der Waals surface area (Å²) >= 11 is 1.37. The summed E-state index contributed by atoms with van der Waals surface area (Å²) in [7, 11) is 1.63. The standard InChI is InChI=1S/C22H26N4O4S/c1-15(21(27)23-13-18-8-4-10-29-18)31-22-25-24-20(16-6-3-7-17(12-16)28-2)26(22)14-19-9-5-11-30-19/h3,5-7,9,11-12,15,18H,4,8,10,13-14H2,1-2H3,(H,23,27)/t15-,18+/m1/s1. The summed E-state index contributed by atoms with van der Waals surface area (Å²) in [6.07, 6.45) is 3.79. The third-order valence-corrected chi connectivity index (χ3v) is 6.20. The first kappa shape index (κ1) is 21.5. The van der Waals surface area contributed by atoms with Crippen LogP contribution in [0, 0.1) is 0 Å². The SMILES string of the molecule is COc1cccc(-c2nnc(S[C@H](C)C(=O)NC[C@@H]3CCCO3)n2Cc2ccco2)c1. The van der Waals surface area contributed by atoms with Crippen molar-refractivity contribution in [3.63, 3.8) is 0 Å². The zero-order valence-electron chi connectivity index (χ0n) is 17.6. The van der Waals surface area contributed by atoms with Crippen LogP contribution in [0.1, 0.15) is 25.5 Å². The molecule has 1 N–H and O–H groups in total. The number of nitrogens with one attached hydrogen (secondary N) is 1. The number of hydrogen-bond donors (Lipinski definition) is 1. The van der Waals surface area contributed by atoms with Gasteiger partial charge in [0, 0.05) is 18.7 Å². The Labute approximate surface area is 185 Å². The number of methoxy groups -OCH3 is 1. The van der Waals surface area contributed by atoms with Crippen LogP contribution in [0.3, 0.4) is 0 Å². The quantitative estimate of drug-likeness (QED) is 0.508. The minimum atomic E-state index is -0.334. The average Bonchev–Trinajstić information content (AvgIpc) is 3.56. The molecule has 3 aromatic rings. The van der Waals surface area contributed by atoms with Gasteiger partial charge < -0.3 is 19.2 Å². The number of furan rings is 1. The summed E-state index contributed by atoms with van der Waals surface area (Å²) in [6, 6.07) is 11.4. The summed E-state index contributed by atoms with van der Waals surface area (Å²) < 4.78 is 18.4. The van der Waals surface area contributed by atoms with Gasteiger partial charge in [0.25, 0.3) is 0 Å². The zero-order chi connectivity index (χ0) is 21.6. The molecular formula is C22H26N4O4S. The van der Waals surface area contributed by atoms with Gasteiger partial charge in [-0.3, -0.25) is 9.36 Å². The second kappa shape index (κ2) is 10.0. The maximum atomic E-state index is 12.6. The highest BCUT2D eigenvalue weighted by atomic mass is 32.2. The van der Waals surface area contributed by atoms with E-state index in [1.54, 1.807) is 13.4 Å². The van der Waals surface area contributed by atoms with E-state index in [9.17, 15) is 4.79 Å². The van der Waals surface area contributed by atoms with Crippen LogP contribution in [0.2, 0.25) is 0 Å². The van der Waals surface area contributed by atoms with Gasteiger partial charge in [-0.15, -0.1) is 10.2 Å². The normalized spacial score (nSPS) is 16.9. The Morgan fingerprint density at radius 2 is 2.26 bits per heavy atom. The number of aromatic nitrogens is 3. The van der Waals surface area contributed by atoms with E-state index >= 15 is 0 Å². The lowest BCUT2D eigenvalue weighted by molar-refractivity contribution is -0.120. The van der Waals surface area contributed by atoms with Crippen molar-refractivity contribution in [1.29, 1.82) is 0 Å². The maximum Gasteiger partial charge on any atom is 0.233 e. The molecule has 8 nitrogen and oxygen atoms in total. The highest BCUT2D eigenvalue weighted by Crippen LogP contribution is 2.29. The molecule has 0 unspecified atom stereocenters. The second-order valence-electron chi connectivity index (χ2n) is 7.34. The van der Waals surface area contributed by atoms with Crippen LogP contribution >= 0.6 is 11.8 Å². The molecule has 2 atom stereocenters. The van der Waals surface area contributed by atoms with Gasteiger partial charge in [-0.1, -0.05) is 23.9 Å². The van der Waals surface area contributed by atoms with Gasteiger partial charge >= 0.3 is 0 Å². The minimum absolute atomic E-state index is 0.0454. The molecule has 1 amide bonds. The van der Waals surface area contributed by atoms with Crippen molar-refractivity contribution in [2.24, 2.45) is 0 Å². The number of hydrogen-bond acceptors (Lipinski definition) is 7. The Hall–Kier alpha value is -2.78. The fourth-order valence-electron chi connectivity index (χ4n) is 3.43. The van der Waals surface area contributed by atoms with E-state index in [0.29, 0.717) is 24.1 Å². The summed E-state index contributed by atoms with van der Waals surface area (Å²) in [4.78, 5) is 12.6. The zero-order valence-corrected chi connectivity index (χ0v) is 18.4. The number of benzene rings is 1. The number of rotatable bonds is 9. The van der Waals surface area contributed by atoms with Crippen LogP contribution in [0.15, 0.2) is 52.2 Å². The summed E-state index contributed by atoms with van der Waals surface area (Å²) in [6.45, 7) is 3.64. The van der Waals surface area contributed by atoms with E-state index in [1.807, 2.05) is 47.9 Å². The first-order chi connectivity index (χ1) is 15.1. The number of amides is 1. The lowest BCUT2D eigenvalue weighted by atomic mass is 10.2. The maximum absolute atomic E-state index is 12.6. The molecule has 0 spiro atoms. The largest absolute Gasteiger partial charge is 0.497 e. The Morgan fingerprint density at radius 1 is 1.35 bits per heavy atom. The minimum Gasteiger partial charge on any atom is -0.497 e. The number of thioether (sulfide) groups is 1. The molecule has 0 bridgehead atoms. The first-order valence-corrected chi connectivity index (χ1v) is 11.2. The topological polar surface area (TPSA) is 91.4 Å². The highest BCUT2D eigenvalue weighted by molar-refractivity contribution is 8.00. The molecule has 31 heavy (non-hydrogen) atoms. The molecule has 0 aliphatic carbocycles. The Bertz CT molecular complexity index is 999. The molecule has 1 fully saturated rings. The molecule has 3 heterocycles. The summed E-state index contributed by atoms with van der Waals surface area (Å²) in [5.74, 6) is 2.16. The van der Waals surface area contributed by atoms with Crippen molar-refractivity contribution in [1.82, 2.24) is 20.1 Å². The van der Waals surface area contributed by atoms with Gasteiger partial charge in [0.2, 0.25) is 5.91 Å². The smallest absolute Gasteiger partial charge is 0.233 e. The van der Waals surface area contributed by atoms with Crippen molar-refractivity contribution >= 4 is 17.7 Å². The monoisotopic (exact) mass is 442 g/mol. The number of carbonyl (C=O) groups is 1. The van der Waals surface area contributed by atoms with E-state index in [0.717, 1.165) is 36.5 Å². The summed E-state index contributed by atoms with van der Waals surface area (Å²) in [5.41, 5.74) is 0.876. The van der Waals surface area contributed by atoms with Gasteiger partial charge in [-0.2, -0.15) is 0 Å². The molecule has 0 radical (unpaired) electrons. The molecule has 1 aliphatic rings. The second-order valence-corrected chi connectivity index (χ2v) is 8.65. The van der Waals surface area contributed by atoms with Crippen LogP contribution in [-0.2, 0) is 16.1 Å². The third kappa shape index (κ3) is 5.29. The van der Waals surface area contributed by atoms with Crippen LogP contribution in [0.4, 0.5) is 0 Å².